The zero-order valence-corrected chi connectivity index (χ0v) is 13.5. The van der Waals surface area contributed by atoms with Gasteiger partial charge >= 0.3 is 6.61 Å². The van der Waals surface area contributed by atoms with E-state index in [2.05, 4.69) is 15.0 Å². The van der Waals surface area contributed by atoms with E-state index in [1.54, 1.807) is 39.0 Å². The van der Waals surface area contributed by atoms with Gasteiger partial charge in [0.25, 0.3) is 11.5 Å². The van der Waals surface area contributed by atoms with E-state index < -0.39 is 24.1 Å². The number of hydrogen-bond donors (Lipinski definition) is 2. The molecule has 2 aromatic rings. The maximum atomic E-state index is 12.3. The fourth-order valence-corrected chi connectivity index (χ4v) is 2.43. The molecule has 1 atom stereocenters. The van der Waals surface area contributed by atoms with E-state index in [0.717, 1.165) is 0 Å². The van der Waals surface area contributed by atoms with Crippen LogP contribution in [0.25, 0.3) is 0 Å². The number of pyridine rings is 1. The molecule has 0 saturated carbocycles. The lowest BCUT2D eigenvalue weighted by atomic mass is 10.1. The summed E-state index contributed by atoms with van der Waals surface area (Å²) in [6.07, 6.45) is 0. The summed E-state index contributed by atoms with van der Waals surface area (Å²) in [4.78, 5) is 26.9. The first kappa shape index (κ1) is 17.7. The molecular formula is C17H18F2N2O3. The molecule has 2 rings (SSSR count). The van der Waals surface area contributed by atoms with E-state index in [1.165, 1.54) is 12.1 Å². The molecule has 0 aliphatic carbocycles. The van der Waals surface area contributed by atoms with Crippen molar-refractivity contribution in [1.29, 1.82) is 0 Å². The van der Waals surface area contributed by atoms with Crippen molar-refractivity contribution < 1.29 is 18.3 Å². The Labute approximate surface area is 137 Å². The molecule has 1 amide bonds. The summed E-state index contributed by atoms with van der Waals surface area (Å²) in [6, 6.07) is 7.27. The van der Waals surface area contributed by atoms with Gasteiger partial charge in [-0.2, -0.15) is 8.78 Å². The van der Waals surface area contributed by atoms with Gasteiger partial charge in [-0.1, -0.05) is 12.1 Å². The topological polar surface area (TPSA) is 71.2 Å². The van der Waals surface area contributed by atoms with Crippen molar-refractivity contribution in [3.8, 4) is 5.75 Å². The molecule has 0 aliphatic rings. The van der Waals surface area contributed by atoms with Crippen LogP contribution in [0.5, 0.6) is 5.75 Å². The average molecular weight is 336 g/mol. The number of ether oxygens (including phenoxy) is 1. The van der Waals surface area contributed by atoms with Gasteiger partial charge < -0.3 is 15.0 Å². The Morgan fingerprint density at radius 1 is 1.21 bits per heavy atom. The number of hydrogen-bond acceptors (Lipinski definition) is 3. The molecule has 0 bridgehead atoms. The van der Waals surface area contributed by atoms with Crippen LogP contribution < -0.4 is 15.6 Å². The summed E-state index contributed by atoms with van der Waals surface area (Å²) < 4.78 is 28.5. The second-order valence-electron chi connectivity index (χ2n) is 5.48. The molecule has 0 aliphatic heterocycles. The lowest BCUT2D eigenvalue weighted by molar-refractivity contribution is -0.0498. The predicted octanol–water partition coefficient (Wildman–Crippen LogP) is 3.08. The summed E-state index contributed by atoms with van der Waals surface area (Å²) in [5, 5.41) is 2.73. The number of aromatic amines is 1. The third-order valence-electron chi connectivity index (χ3n) is 3.55. The van der Waals surface area contributed by atoms with Crippen molar-refractivity contribution in [3.05, 3.63) is 63.1 Å². The van der Waals surface area contributed by atoms with E-state index in [9.17, 15) is 18.4 Å². The third kappa shape index (κ3) is 4.18. The first-order chi connectivity index (χ1) is 11.3. The number of aryl methyl sites for hydroxylation is 2. The van der Waals surface area contributed by atoms with Crippen LogP contribution >= 0.6 is 0 Å². The lowest BCUT2D eigenvalue weighted by Crippen LogP contribution is -2.32. The first-order valence-electron chi connectivity index (χ1n) is 7.34. The number of amides is 1. The standard InChI is InChI=1S/C17H18F2N2O3/c1-9-8-10(2)20-15(22)14(9)16(23)21-11(3)12-4-6-13(7-5-12)24-17(18)19/h4-8,11,17H,1-3H3,(H,20,22)(H,21,23)/t11-/m1/s1. The van der Waals surface area contributed by atoms with Gasteiger partial charge in [0.2, 0.25) is 0 Å². The second kappa shape index (κ2) is 7.25. The van der Waals surface area contributed by atoms with Crippen LogP contribution in [0.4, 0.5) is 8.78 Å². The summed E-state index contributed by atoms with van der Waals surface area (Å²) in [7, 11) is 0. The van der Waals surface area contributed by atoms with Gasteiger partial charge in [0, 0.05) is 5.69 Å². The van der Waals surface area contributed by atoms with E-state index in [-0.39, 0.29) is 11.3 Å². The Kier molecular flexibility index (Phi) is 5.33. The highest BCUT2D eigenvalue weighted by atomic mass is 19.3. The Morgan fingerprint density at radius 3 is 2.38 bits per heavy atom. The SMILES string of the molecule is Cc1cc(C)c(C(=O)N[C@H](C)c2ccc(OC(F)F)cc2)c(=O)[nH]1. The van der Waals surface area contributed by atoms with Crippen LogP contribution in [0.3, 0.4) is 0 Å². The Bertz CT molecular complexity index is 785. The van der Waals surface area contributed by atoms with Crippen LogP contribution in [0.1, 0.15) is 40.1 Å². The minimum absolute atomic E-state index is 0.0399. The number of aromatic nitrogens is 1. The van der Waals surface area contributed by atoms with E-state index >= 15 is 0 Å². The number of alkyl halides is 2. The number of benzene rings is 1. The Morgan fingerprint density at radius 2 is 1.83 bits per heavy atom. The Balaban J connectivity index is 2.13. The number of H-pyrrole nitrogens is 1. The fourth-order valence-electron chi connectivity index (χ4n) is 2.43. The highest BCUT2D eigenvalue weighted by molar-refractivity contribution is 5.95. The molecule has 1 aromatic carbocycles. The molecule has 1 heterocycles. The van der Waals surface area contributed by atoms with Gasteiger partial charge in [-0.3, -0.25) is 9.59 Å². The number of carbonyl (C=O) groups excluding carboxylic acids is 1. The van der Waals surface area contributed by atoms with Gasteiger partial charge in [0.1, 0.15) is 11.3 Å². The number of nitrogens with one attached hydrogen (secondary N) is 2. The molecule has 5 nitrogen and oxygen atoms in total. The summed E-state index contributed by atoms with van der Waals surface area (Å²) in [5.41, 5.74) is 1.58. The molecule has 0 saturated heterocycles. The van der Waals surface area contributed by atoms with Crippen molar-refractivity contribution in [3.63, 3.8) is 0 Å². The van der Waals surface area contributed by atoms with Gasteiger partial charge in [-0.15, -0.1) is 0 Å². The molecule has 0 fully saturated rings. The highest BCUT2D eigenvalue weighted by Gasteiger charge is 2.17. The minimum Gasteiger partial charge on any atom is -0.435 e. The van der Waals surface area contributed by atoms with Crippen LogP contribution in [0.15, 0.2) is 35.1 Å². The normalized spacial score (nSPS) is 12.1. The predicted molar refractivity (Wildman–Crippen MR) is 85.5 cm³/mol. The molecule has 7 heteroatoms. The van der Waals surface area contributed by atoms with Crippen molar-refractivity contribution in [2.45, 2.75) is 33.4 Å². The fraction of sp³-hybridized carbons (Fsp3) is 0.294. The quantitative estimate of drug-likeness (QED) is 0.881. The molecule has 0 unspecified atom stereocenters. The number of rotatable bonds is 5. The van der Waals surface area contributed by atoms with Crippen molar-refractivity contribution in [2.75, 3.05) is 0 Å². The molecule has 0 radical (unpaired) electrons. The maximum Gasteiger partial charge on any atom is 0.387 e. The average Bonchev–Trinajstić information content (AvgIpc) is 2.46. The van der Waals surface area contributed by atoms with Gasteiger partial charge in [-0.25, -0.2) is 0 Å². The van der Waals surface area contributed by atoms with Gasteiger partial charge in [0.05, 0.1) is 6.04 Å². The smallest absolute Gasteiger partial charge is 0.387 e. The first-order valence-corrected chi connectivity index (χ1v) is 7.34. The van der Waals surface area contributed by atoms with Crippen LogP contribution in [0.2, 0.25) is 0 Å². The molecule has 24 heavy (non-hydrogen) atoms. The second-order valence-corrected chi connectivity index (χ2v) is 5.48. The largest absolute Gasteiger partial charge is 0.435 e. The summed E-state index contributed by atoms with van der Waals surface area (Å²) in [5.74, 6) is -0.452. The van der Waals surface area contributed by atoms with Crippen LogP contribution in [0, 0.1) is 13.8 Å². The molecule has 2 N–H and O–H groups in total. The molecule has 0 spiro atoms. The van der Waals surface area contributed by atoms with Crippen molar-refractivity contribution in [1.82, 2.24) is 10.3 Å². The van der Waals surface area contributed by atoms with Crippen LogP contribution in [-0.2, 0) is 0 Å². The van der Waals surface area contributed by atoms with Gasteiger partial charge in [0.15, 0.2) is 0 Å². The number of carbonyl (C=O) groups is 1. The van der Waals surface area contributed by atoms with E-state index in [1.807, 2.05) is 0 Å². The molecule has 1 aromatic heterocycles. The molecular weight excluding hydrogens is 318 g/mol. The minimum atomic E-state index is -2.88. The van der Waals surface area contributed by atoms with Gasteiger partial charge in [-0.05, 0) is 50.1 Å². The van der Waals surface area contributed by atoms with E-state index in [4.69, 9.17) is 0 Å². The summed E-state index contributed by atoms with van der Waals surface area (Å²) in [6.45, 7) is 2.28. The van der Waals surface area contributed by atoms with E-state index in [0.29, 0.717) is 16.8 Å². The lowest BCUT2D eigenvalue weighted by Gasteiger charge is -2.15. The zero-order chi connectivity index (χ0) is 17.9. The van der Waals surface area contributed by atoms with Crippen LogP contribution in [-0.4, -0.2) is 17.5 Å². The van der Waals surface area contributed by atoms with Crippen molar-refractivity contribution >= 4 is 5.91 Å². The zero-order valence-electron chi connectivity index (χ0n) is 13.5. The maximum absolute atomic E-state index is 12.3. The number of halogens is 2. The van der Waals surface area contributed by atoms with Crippen molar-refractivity contribution in [2.24, 2.45) is 0 Å². The third-order valence-corrected chi connectivity index (χ3v) is 3.55. The molecule has 128 valence electrons. The highest BCUT2D eigenvalue weighted by Crippen LogP contribution is 2.19. The Hall–Kier alpha value is -2.70. The summed E-state index contributed by atoms with van der Waals surface area (Å²) >= 11 is 0. The monoisotopic (exact) mass is 336 g/mol.